The van der Waals surface area contributed by atoms with E-state index in [-0.39, 0.29) is 5.02 Å². The van der Waals surface area contributed by atoms with E-state index >= 15 is 0 Å². The second-order valence-electron chi connectivity index (χ2n) is 7.65. The van der Waals surface area contributed by atoms with Crippen LogP contribution in [-0.4, -0.2) is 29.1 Å². The van der Waals surface area contributed by atoms with Crippen LogP contribution in [0.15, 0.2) is 36.4 Å². The van der Waals surface area contributed by atoms with Crippen molar-refractivity contribution in [1.82, 2.24) is 4.90 Å². The number of aliphatic carboxylic acids is 1. The average Bonchev–Trinajstić information content (AvgIpc) is 2.65. The number of benzene rings is 2. The van der Waals surface area contributed by atoms with Crippen LogP contribution in [0.25, 0.3) is 0 Å². The summed E-state index contributed by atoms with van der Waals surface area (Å²) in [6.45, 7) is 4.88. The van der Waals surface area contributed by atoms with Gasteiger partial charge in [-0.15, -0.1) is 0 Å². The van der Waals surface area contributed by atoms with Gasteiger partial charge in [0.15, 0.2) is 0 Å². The van der Waals surface area contributed by atoms with E-state index in [9.17, 15) is 23.1 Å². The minimum absolute atomic E-state index is 0.328. The molecule has 0 aromatic heterocycles. The standard InChI is InChI=1S/C22H23ClF3NO2/c1-13-3-4-14(2)17(11-13)20(27-9-7-15(8-10-27)21(28)29)16-5-6-19(23)18(12-16)22(24,25)26/h3-6,11-12,15,20H,7-10H2,1-2H3,(H,28,29). The highest BCUT2D eigenvalue weighted by molar-refractivity contribution is 6.31. The van der Waals surface area contributed by atoms with Crippen molar-refractivity contribution in [3.05, 3.63) is 69.2 Å². The molecule has 2 aromatic rings. The third-order valence-corrected chi connectivity index (χ3v) is 5.91. The van der Waals surface area contributed by atoms with E-state index in [1.807, 2.05) is 32.0 Å². The summed E-state index contributed by atoms with van der Waals surface area (Å²) in [4.78, 5) is 13.4. The number of aryl methyl sites for hydroxylation is 2. The van der Waals surface area contributed by atoms with Gasteiger partial charge < -0.3 is 5.11 Å². The number of carboxylic acid groups (broad SMARTS) is 1. The molecule has 1 fully saturated rings. The average molecular weight is 426 g/mol. The van der Waals surface area contributed by atoms with Gasteiger partial charge in [-0.05, 0) is 68.6 Å². The molecule has 0 spiro atoms. The molecule has 2 aromatic carbocycles. The zero-order valence-corrected chi connectivity index (χ0v) is 17.0. The Morgan fingerprint density at radius 2 is 1.79 bits per heavy atom. The number of rotatable bonds is 4. The molecule has 29 heavy (non-hydrogen) atoms. The molecule has 0 amide bonds. The Morgan fingerprint density at radius 3 is 2.38 bits per heavy atom. The Hall–Kier alpha value is -2.05. The lowest BCUT2D eigenvalue weighted by molar-refractivity contribution is -0.143. The number of hydrogen-bond acceptors (Lipinski definition) is 2. The fourth-order valence-corrected chi connectivity index (χ4v) is 4.20. The van der Waals surface area contributed by atoms with Crippen LogP contribution in [-0.2, 0) is 11.0 Å². The van der Waals surface area contributed by atoms with Crippen molar-refractivity contribution in [3.8, 4) is 0 Å². The number of halogens is 4. The maximum Gasteiger partial charge on any atom is 0.417 e. The van der Waals surface area contributed by atoms with Gasteiger partial charge in [0.2, 0.25) is 0 Å². The van der Waals surface area contributed by atoms with Crippen molar-refractivity contribution in [2.24, 2.45) is 5.92 Å². The van der Waals surface area contributed by atoms with Gasteiger partial charge >= 0.3 is 12.1 Å². The molecule has 3 rings (SSSR count). The van der Waals surface area contributed by atoms with Gasteiger partial charge in [0.05, 0.1) is 22.5 Å². The summed E-state index contributed by atoms with van der Waals surface area (Å²) >= 11 is 5.83. The fraction of sp³-hybridized carbons (Fsp3) is 0.409. The van der Waals surface area contributed by atoms with Gasteiger partial charge in [0.25, 0.3) is 0 Å². The number of nitrogens with zero attached hydrogens (tertiary/aromatic N) is 1. The smallest absolute Gasteiger partial charge is 0.417 e. The third-order valence-electron chi connectivity index (χ3n) is 5.58. The fourth-order valence-electron chi connectivity index (χ4n) is 3.98. The molecule has 1 aliphatic heterocycles. The van der Waals surface area contributed by atoms with Gasteiger partial charge in [0.1, 0.15) is 0 Å². The molecule has 1 aliphatic rings. The van der Waals surface area contributed by atoms with Gasteiger partial charge in [0, 0.05) is 0 Å². The van der Waals surface area contributed by atoms with Crippen LogP contribution >= 0.6 is 11.6 Å². The summed E-state index contributed by atoms with van der Waals surface area (Å²) in [7, 11) is 0. The molecule has 1 saturated heterocycles. The number of alkyl halides is 3. The highest BCUT2D eigenvalue weighted by Gasteiger charge is 2.36. The second kappa shape index (κ2) is 8.36. The van der Waals surface area contributed by atoms with E-state index in [1.165, 1.54) is 6.07 Å². The van der Waals surface area contributed by atoms with E-state index in [4.69, 9.17) is 11.6 Å². The minimum atomic E-state index is -4.55. The quantitative estimate of drug-likeness (QED) is 0.666. The Balaban J connectivity index is 2.07. The number of piperidine rings is 1. The summed E-state index contributed by atoms with van der Waals surface area (Å²) in [6.07, 6.45) is -3.61. The molecule has 1 unspecified atom stereocenters. The van der Waals surface area contributed by atoms with Gasteiger partial charge in [-0.2, -0.15) is 13.2 Å². The summed E-state index contributed by atoms with van der Waals surface area (Å²) in [5.74, 6) is -1.24. The van der Waals surface area contributed by atoms with Crippen molar-refractivity contribution in [2.75, 3.05) is 13.1 Å². The Bertz CT molecular complexity index is 905. The Labute approximate surface area is 173 Å². The van der Waals surface area contributed by atoms with Crippen LogP contribution < -0.4 is 0 Å². The summed E-state index contributed by atoms with van der Waals surface area (Å²) < 4.78 is 40.4. The normalized spacial score (nSPS) is 17.3. The Kier molecular flexibility index (Phi) is 6.24. The topological polar surface area (TPSA) is 40.5 Å². The summed E-state index contributed by atoms with van der Waals surface area (Å²) in [5, 5.41) is 8.95. The van der Waals surface area contributed by atoms with Crippen molar-refractivity contribution in [1.29, 1.82) is 0 Å². The van der Waals surface area contributed by atoms with Crippen molar-refractivity contribution in [2.45, 2.75) is 38.9 Å². The minimum Gasteiger partial charge on any atom is -0.481 e. The molecule has 3 nitrogen and oxygen atoms in total. The molecule has 7 heteroatoms. The third kappa shape index (κ3) is 4.75. The Morgan fingerprint density at radius 1 is 1.14 bits per heavy atom. The number of carboxylic acids is 1. The zero-order chi connectivity index (χ0) is 21.3. The summed E-state index contributed by atoms with van der Waals surface area (Å²) in [6, 6.07) is 9.57. The number of hydrogen-bond donors (Lipinski definition) is 1. The molecule has 1 N–H and O–H groups in total. The molecule has 1 heterocycles. The van der Waals surface area contributed by atoms with E-state index in [1.54, 1.807) is 6.07 Å². The van der Waals surface area contributed by atoms with E-state index in [0.29, 0.717) is 31.5 Å². The van der Waals surface area contributed by atoms with Crippen LogP contribution in [0.2, 0.25) is 5.02 Å². The van der Waals surface area contributed by atoms with Crippen LogP contribution in [0, 0.1) is 19.8 Å². The van der Waals surface area contributed by atoms with Gasteiger partial charge in [-0.25, -0.2) is 0 Å². The number of likely N-dealkylation sites (tertiary alicyclic amines) is 1. The van der Waals surface area contributed by atoms with Gasteiger partial charge in [-0.3, -0.25) is 9.69 Å². The molecule has 1 atom stereocenters. The maximum atomic E-state index is 13.5. The largest absolute Gasteiger partial charge is 0.481 e. The van der Waals surface area contributed by atoms with E-state index in [0.717, 1.165) is 22.8 Å². The summed E-state index contributed by atoms with van der Waals surface area (Å²) in [5.41, 5.74) is 2.57. The van der Waals surface area contributed by atoms with Crippen LogP contribution in [0.5, 0.6) is 0 Å². The first-order valence-electron chi connectivity index (χ1n) is 9.48. The molecular formula is C22H23ClF3NO2. The monoisotopic (exact) mass is 425 g/mol. The molecule has 0 aliphatic carbocycles. The second-order valence-corrected chi connectivity index (χ2v) is 8.06. The molecule has 0 radical (unpaired) electrons. The first kappa shape index (κ1) is 21.7. The lowest BCUT2D eigenvalue weighted by atomic mass is 9.88. The zero-order valence-electron chi connectivity index (χ0n) is 16.3. The van der Waals surface area contributed by atoms with Crippen molar-refractivity contribution in [3.63, 3.8) is 0 Å². The predicted octanol–water partition coefficient (Wildman–Crippen LogP) is 5.86. The number of carbonyl (C=O) groups is 1. The van der Waals surface area contributed by atoms with Crippen LogP contribution in [0.3, 0.4) is 0 Å². The highest BCUT2D eigenvalue weighted by atomic mass is 35.5. The maximum absolute atomic E-state index is 13.5. The van der Waals surface area contributed by atoms with E-state index < -0.39 is 29.7 Å². The molecule has 0 saturated carbocycles. The van der Waals surface area contributed by atoms with Gasteiger partial charge in [-0.1, -0.05) is 41.4 Å². The van der Waals surface area contributed by atoms with Crippen LogP contribution in [0.4, 0.5) is 13.2 Å². The first-order chi connectivity index (χ1) is 13.6. The highest BCUT2D eigenvalue weighted by Crippen LogP contribution is 2.40. The first-order valence-corrected chi connectivity index (χ1v) is 9.86. The molecular weight excluding hydrogens is 403 g/mol. The van der Waals surface area contributed by atoms with Crippen LogP contribution in [0.1, 0.15) is 46.7 Å². The lowest BCUT2D eigenvalue weighted by Crippen LogP contribution is -2.39. The molecule has 156 valence electrons. The van der Waals surface area contributed by atoms with E-state index in [2.05, 4.69) is 4.90 Å². The molecule has 0 bridgehead atoms. The predicted molar refractivity (Wildman–Crippen MR) is 106 cm³/mol. The van der Waals surface area contributed by atoms with Crippen molar-refractivity contribution >= 4 is 17.6 Å². The lowest BCUT2D eigenvalue weighted by Gasteiger charge is -2.38. The SMILES string of the molecule is Cc1ccc(C)c(C(c2ccc(Cl)c(C(F)(F)F)c2)N2CCC(C(=O)O)CC2)c1. The van der Waals surface area contributed by atoms with Crippen molar-refractivity contribution < 1.29 is 23.1 Å².